The molecule has 0 aliphatic heterocycles. The molecule has 0 aliphatic rings. The quantitative estimate of drug-likeness (QED) is 0.702. The third-order valence-corrected chi connectivity index (χ3v) is 3.19. The number of alkyl halides is 3. The lowest BCUT2D eigenvalue weighted by Gasteiger charge is -2.10. The van der Waals surface area contributed by atoms with Gasteiger partial charge in [0.25, 0.3) is 0 Å². The van der Waals surface area contributed by atoms with Gasteiger partial charge >= 0.3 is 6.18 Å². The minimum Gasteiger partial charge on any atom is -0.437 e. The van der Waals surface area contributed by atoms with Crippen LogP contribution >= 0.6 is 0 Å². The molecule has 1 aromatic carbocycles. The van der Waals surface area contributed by atoms with Gasteiger partial charge in [0.2, 0.25) is 5.88 Å². The van der Waals surface area contributed by atoms with E-state index >= 15 is 0 Å². The summed E-state index contributed by atoms with van der Waals surface area (Å²) in [6.07, 6.45) is 3.06. The number of hydrogen-bond donors (Lipinski definition) is 0. The molecule has 0 amide bonds. The molecule has 0 atom stereocenters. The Kier molecular flexibility index (Phi) is 4.42. The molecule has 3 rings (SSSR count). The van der Waals surface area contributed by atoms with Gasteiger partial charge in [-0.15, -0.1) is 0 Å². The fourth-order valence-electron chi connectivity index (χ4n) is 1.99. The molecule has 0 aliphatic carbocycles. The number of aromatic nitrogens is 4. The molecule has 0 saturated carbocycles. The molecule has 0 saturated heterocycles. The fourth-order valence-corrected chi connectivity index (χ4v) is 1.99. The Bertz CT molecular complexity index is 878. The van der Waals surface area contributed by atoms with Crippen LogP contribution in [0.15, 0.2) is 55.6 Å². The fraction of sp³-hybridized carbons (Fsp3) is 0.0588. The zero-order valence-electron chi connectivity index (χ0n) is 12.7. The number of hydrogen-bond acceptors (Lipinski definition) is 5. The van der Waals surface area contributed by atoms with Crippen molar-refractivity contribution in [3.63, 3.8) is 0 Å². The number of nitrogens with zero attached hydrogens (tertiary/aromatic N) is 4. The molecule has 0 spiro atoms. The molecule has 25 heavy (non-hydrogen) atoms. The van der Waals surface area contributed by atoms with Crippen LogP contribution in [-0.4, -0.2) is 19.9 Å². The van der Waals surface area contributed by atoms with Crippen molar-refractivity contribution in [2.24, 2.45) is 0 Å². The summed E-state index contributed by atoms with van der Waals surface area (Å²) in [6.45, 7) is 3.57. The number of benzene rings is 1. The van der Waals surface area contributed by atoms with E-state index in [0.717, 1.165) is 12.1 Å². The Morgan fingerprint density at radius 3 is 2.16 bits per heavy atom. The lowest BCUT2D eigenvalue weighted by Crippen LogP contribution is -2.04. The highest BCUT2D eigenvalue weighted by molar-refractivity contribution is 5.63. The van der Waals surface area contributed by atoms with Crippen LogP contribution in [0.4, 0.5) is 13.2 Å². The van der Waals surface area contributed by atoms with Crippen molar-refractivity contribution in [2.75, 3.05) is 0 Å². The Labute approximate surface area is 140 Å². The predicted molar refractivity (Wildman–Crippen MR) is 84.7 cm³/mol. The molecule has 0 fully saturated rings. The second-order valence-electron chi connectivity index (χ2n) is 4.87. The van der Waals surface area contributed by atoms with Crippen molar-refractivity contribution < 1.29 is 17.9 Å². The number of ether oxygens (including phenoxy) is 1. The SMILES string of the molecule is C=Cc1ncc(-c2nccnc2Oc2ccc(C(F)(F)F)cc2)cn1. The van der Waals surface area contributed by atoms with Crippen molar-refractivity contribution >= 4 is 6.08 Å². The molecule has 126 valence electrons. The summed E-state index contributed by atoms with van der Waals surface area (Å²) in [7, 11) is 0. The summed E-state index contributed by atoms with van der Waals surface area (Å²) < 4.78 is 43.4. The van der Waals surface area contributed by atoms with E-state index < -0.39 is 11.7 Å². The van der Waals surface area contributed by atoms with Gasteiger partial charge in [-0.3, -0.25) is 0 Å². The molecule has 3 aromatic rings. The standard InChI is InChI=1S/C17H11F3N4O/c1-2-14-23-9-11(10-24-14)15-16(22-8-7-21-15)25-13-5-3-12(4-6-13)17(18,19)20/h2-10H,1H2. The summed E-state index contributed by atoms with van der Waals surface area (Å²) in [5.74, 6) is 0.799. The van der Waals surface area contributed by atoms with Gasteiger partial charge in [-0.25, -0.2) is 19.9 Å². The lowest BCUT2D eigenvalue weighted by atomic mass is 10.2. The highest BCUT2D eigenvalue weighted by Gasteiger charge is 2.30. The molecule has 2 heterocycles. The Morgan fingerprint density at radius 1 is 0.920 bits per heavy atom. The average Bonchev–Trinajstić information content (AvgIpc) is 2.62. The molecular formula is C17H11F3N4O. The second kappa shape index (κ2) is 6.68. The highest BCUT2D eigenvalue weighted by Crippen LogP contribution is 2.32. The minimum atomic E-state index is -4.40. The van der Waals surface area contributed by atoms with Gasteiger partial charge in [0.05, 0.1) is 5.56 Å². The molecule has 0 bridgehead atoms. The Hall–Kier alpha value is -3.29. The monoisotopic (exact) mass is 344 g/mol. The highest BCUT2D eigenvalue weighted by atomic mass is 19.4. The van der Waals surface area contributed by atoms with E-state index in [-0.39, 0.29) is 11.6 Å². The van der Waals surface area contributed by atoms with Crippen molar-refractivity contribution in [3.8, 4) is 22.9 Å². The molecule has 0 radical (unpaired) electrons. The van der Waals surface area contributed by atoms with E-state index in [2.05, 4.69) is 26.5 Å². The average molecular weight is 344 g/mol. The van der Waals surface area contributed by atoms with E-state index in [0.29, 0.717) is 17.1 Å². The molecule has 0 unspecified atom stereocenters. The van der Waals surface area contributed by atoms with E-state index in [9.17, 15) is 13.2 Å². The van der Waals surface area contributed by atoms with Crippen molar-refractivity contribution in [1.29, 1.82) is 0 Å². The summed E-state index contributed by atoms with van der Waals surface area (Å²) in [4.78, 5) is 16.4. The van der Waals surface area contributed by atoms with Crippen LogP contribution in [0.3, 0.4) is 0 Å². The zero-order chi connectivity index (χ0) is 17.9. The maximum Gasteiger partial charge on any atom is 0.416 e. The summed E-state index contributed by atoms with van der Waals surface area (Å²) in [5.41, 5.74) is 0.172. The maximum atomic E-state index is 12.6. The van der Waals surface area contributed by atoms with Crippen LogP contribution in [0.1, 0.15) is 11.4 Å². The molecular weight excluding hydrogens is 333 g/mol. The van der Waals surface area contributed by atoms with Gasteiger partial charge in [-0.05, 0) is 30.3 Å². The topological polar surface area (TPSA) is 60.8 Å². The number of halogens is 3. The van der Waals surface area contributed by atoms with Gasteiger partial charge < -0.3 is 4.74 Å². The van der Waals surface area contributed by atoms with E-state index in [1.807, 2.05) is 0 Å². The van der Waals surface area contributed by atoms with Crippen LogP contribution in [0, 0.1) is 0 Å². The van der Waals surface area contributed by atoms with Crippen LogP contribution in [0.25, 0.3) is 17.3 Å². The Morgan fingerprint density at radius 2 is 1.56 bits per heavy atom. The lowest BCUT2D eigenvalue weighted by molar-refractivity contribution is -0.137. The Balaban J connectivity index is 1.89. The van der Waals surface area contributed by atoms with E-state index in [1.165, 1.54) is 43.0 Å². The second-order valence-corrected chi connectivity index (χ2v) is 4.87. The van der Waals surface area contributed by atoms with Crippen LogP contribution in [-0.2, 0) is 6.18 Å². The van der Waals surface area contributed by atoms with Crippen LogP contribution in [0.5, 0.6) is 11.6 Å². The van der Waals surface area contributed by atoms with Gasteiger partial charge in [0.15, 0.2) is 5.82 Å². The van der Waals surface area contributed by atoms with Gasteiger partial charge in [-0.1, -0.05) is 6.58 Å². The van der Waals surface area contributed by atoms with Gasteiger partial charge in [0.1, 0.15) is 11.4 Å². The first-order valence-electron chi connectivity index (χ1n) is 7.08. The van der Waals surface area contributed by atoms with E-state index in [1.54, 1.807) is 0 Å². The third-order valence-electron chi connectivity index (χ3n) is 3.19. The summed E-state index contributed by atoms with van der Waals surface area (Å²) >= 11 is 0. The summed E-state index contributed by atoms with van der Waals surface area (Å²) in [5, 5.41) is 0. The first kappa shape index (κ1) is 16.6. The van der Waals surface area contributed by atoms with Crippen molar-refractivity contribution in [1.82, 2.24) is 19.9 Å². The van der Waals surface area contributed by atoms with Gasteiger partial charge in [-0.2, -0.15) is 13.2 Å². The van der Waals surface area contributed by atoms with Crippen LogP contribution in [0.2, 0.25) is 0 Å². The maximum absolute atomic E-state index is 12.6. The molecule has 5 nitrogen and oxygen atoms in total. The van der Waals surface area contributed by atoms with Crippen molar-refractivity contribution in [3.05, 3.63) is 67.0 Å². The smallest absolute Gasteiger partial charge is 0.416 e. The molecule has 8 heteroatoms. The van der Waals surface area contributed by atoms with E-state index in [4.69, 9.17) is 4.74 Å². The number of rotatable bonds is 4. The van der Waals surface area contributed by atoms with Crippen LogP contribution < -0.4 is 4.74 Å². The molecule has 2 aromatic heterocycles. The predicted octanol–water partition coefficient (Wildman–Crippen LogP) is 4.39. The largest absolute Gasteiger partial charge is 0.437 e. The normalized spacial score (nSPS) is 11.2. The zero-order valence-corrected chi connectivity index (χ0v) is 12.7. The first-order chi connectivity index (χ1) is 12.0. The van der Waals surface area contributed by atoms with Gasteiger partial charge in [0, 0.05) is 30.4 Å². The summed E-state index contributed by atoms with van der Waals surface area (Å²) in [6, 6.07) is 4.32. The molecule has 0 N–H and O–H groups in total. The minimum absolute atomic E-state index is 0.136. The first-order valence-corrected chi connectivity index (χ1v) is 7.08. The van der Waals surface area contributed by atoms with Crippen molar-refractivity contribution in [2.45, 2.75) is 6.18 Å². The third kappa shape index (κ3) is 3.79.